The summed E-state index contributed by atoms with van der Waals surface area (Å²) in [5.41, 5.74) is 0. The number of hydrogen-bond donors (Lipinski definition) is 2. The Bertz CT molecular complexity index is 157. The van der Waals surface area contributed by atoms with Crippen molar-refractivity contribution in [2.24, 2.45) is 0 Å². The fourth-order valence-electron chi connectivity index (χ4n) is 1.60. The van der Waals surface area contributed by atoms with Crippen LogP contribution in [0.4, 0.5) is 0 Å². The van der Waals surface area contributed by atoms with Crippen molar-refractivity contribution in [1.29, 1.82) is 0 Å². The van der Waals surface area contributed by atoms with Crippen LogP contribution in [0.25, 0.3) is 0 Å². The van der Waals surface area contributed by atoms with Gasteiger partial charge in [-0.05, 0) is 19.9 Å². The van der Waals surface area contributed by atoms with Crippen LogP contribution in [0.1, 0.15) is 13.3 Å². The van der Waals surface area contributed by atoms with Crippen molar-refractivity contribution in [1.82, 2.24) is 10.6 Å². The quantitative estimate of drug-likeness (QED) is 0.640. The molecule has 0 saturated carbocycles. The van der Waals surface area contributed by atoms with Gasteiger partial charge in [-0.3, -0.25) is 4.21 Å². The van der Waals surface area contributed by atoms with Gasteiger partial charge in [0, 0.05) is 41.4 Å². The molecule has 0 radical (unpaired) electrons. The summed E-state index contributed by atoms with van der Waals surface area (Å²) in [6.07, 6.45) is 2.95. The van der Waals surface area contributed by atoms with Gasteiger partial charge in [0.15, 0.2) is 0 Å². The van der Waals surface area contributed by atoms with Crippen LogP contribution in [0.2, 0.25) is 0 Å². The second-order valence-corrected chi connectivity index (χ2v) is 4.98. The van der Waals surface area contributed by atoms with E-state index in [9.17, 15) is 4.21 Å². The molecule has 12 heavy (non-hydrogen) atoms. The smallest absolute Gasteiger partial charge is 0.0383 e. The van der Waals surface area contributed by atoms with E-state index in [1.165, 1.54) is 6.42 Å². The molecule has 3 unspecified atom stereocenters. The van der Waals surface area contributed by atoms with E-state index in [-0.39, 0.29) is 0 Å². The van der Waals surface area contributed by atoms with E-state index in [1.54, 1.807) is 6.26 Å². The SMILES string of the molecule is CC(CS(C)=O)NC1CCNC1. The Morgan fingerprint density at radius 2 is 2.50 bits per heavy atom. The lowest BCUT2D eigenvalue weighted by molar-refractivity contribution is 0.491. The van der Waals surface area contributed by atoms with Gasteiger partial charge in [-0.1, -0.05) is 0 Å². The molecule has 1 heterocycles. The molecule has 0 aliphatic carbocycles. The summed E-state index contributed by atoms with van der Waals surface area (Å²) < 4.78 is 10.9. The third kappa shape index (κ3) is 3.65. The van der Waals surface area contributed by atoms with E-state index < -0.39 is 10.8 Å². The summed E-state index contributed by atoms with van der Waals surface area (Å²) in [4.78, 5) is 0. The summed E-state index contributed by atoms with van der Waals surface area (Å²) >= 11 is 0. The second kappa shape index (κ2) is 4.94. The molecule has 1 rings (SSSR count). The van der Waals surface area contributed by atoms with Crippen LogP contribution in [0.3, 0.4) is 0 Å². The Morgan fingerprint density at radius 1 is 1.75 bits per heavy atom. The third-order valence-corrected chi connectivity index (χ3v) is 3.03. The molecule has 72 valence electrons. The molecule has 0 aromatic heterocycles. The van der Waals surface area contributed by atoms with E-state index in [1.807, 2.05) is 0 Å². The third-order valence-electron chi connectivity index (χ3n) is 2.07. The van der Waals surface area contributed by atoms with Crippen LogP contribution >= 0.6 is 0 Å². The maximum absolute atomic E-state index is 10.9. The molecule has 0 bridgehead atoms. The summed E-state index contributed by atoms with van der Waals surface area (Å²) in [5.74, 6) is 0.760. The highest BCUT2D eigenvalue weighted by atomic mass is 32.2. The first-order valence-electron chi connectivity index (χ1n) is 4.45. The molecule has 1 aliphatic rings. The molecule has 0 amide bonds. The highest BCUT2D eigenvalue weighted by Crippen LogP contribution is 1.99. The summed E-state index contributed by atoms with van der Waals surface area (Å²) in [7, 11) is -0.679. The van der Waals surface area contributed by atoms with Crippen molar-refractivity contribution < 1.29 is 4.21 Å². The lowest BCUT2D eigenvalue weighted by Crippen LogP contribution is -2.40. The molecule has 4 heteroatoms. The maximum Gasteiger partial charge on any atom is 0.0383 e. The normalized spacial score (nSPS) is 28.7. The first-order chi connectivity index (χ1) is 5.68. The zero-order chi connectivity index (χ0) is 8.97. The number of rotatable bonds is 4. The lowest BCUT2D eigenvalue weighted by Gasteiger charge is -2.17. The van der Waals surface area contributed by atoms with E-state index >= 15 is 0 Å². The van der Waals surface area contributed by atoms with Crippen molar-refractivity contribution in [3.8, 4) is 0 Å². The van der Waals surface area contributed by atoms with Gasteiger partial charge in [0.1, 0.15) is 0 Å². The van der Waals surface area contributed by atoms with Crippen molar-refractivity contribution in [3.63, 3.8) is 0 Å². The van der Waals surface area contributed by atoms with Gasteiger partial charge in [-0.25, -0.2) is 0 Å². The number of hydrogen-bond acceptors (Lipinski definition) is 3. The van der Waals surface area contributed by atoms with Crippen LogP contribution in [-0.2, 0) is 10.8 Å². The molecule has 3 atom stereocenters. The average Bonchev–Trinajstić information content (AvgIpc) is 2.37. The van der Waals surface area contributed by atoms with Crippen molar-refractivity contribution in [2.45, 2.75) is 25.4 Å². The molecule has 1 fully saturated rings. The zero-order valence-corrected chi connectivity index (χ0v) is 8.62. The Morgan fingerprint density at radius 3 is 3.00 bits per heavy atom. The molecular formula is C8H18N2OS. The molecule has 1 saturated heterocycles. The highest BCUT2D eigenvalue weighted by Gasteiger charge is 2.16. The number of nitrogens with one attached hydrogen (secondary N) is 2. The van der Waals surface area contributed by atoms with Crippen LogP contribution in [-0.4, -0.2) is 41.4 Å². The van der Waals surface area contributed by atoms with Gasteiger partial charge in [-0.2, -0.15) is 0 Å². The molecule has 0 aromatic rings. The van der Waals surface area contributed by atoms with E-state index in [2.05, 4.69) is 17.6 Å². The van der Waals surface area contributed by atoms with E-state index in [0.717, 1.165) is 18.8 Å². The lowest BCUT2D eigenvalue weighted by atomic mass is 10.2. The van der Waals surface area contributed by atoms with Crippen LogP contribution < -0.4 is 10.6 Å². The Labute approximate surface area is 76.8 Å². The van der Waals surface area contributed by atoms with Gasteiger partial charge < -0.3 is 10.6 Å². The summed E-state index contributed by atoms with van der Waals surface area (Å²) in [6.45, 7) is 4.26. The predicted molar refractivity (Wildman–Crippen MR) is 52.8 cm³/mol. The second-order valence-electron chi connectivity index (χ2n) is 3.50. The van der Waals surface area contributed by atoms with Gasteiger partial charge in [-0.15, -0.1) is 0 Å². The molecule has 3 nitrogen and oxygen atoms in total. The highest BCUT2D eigenvalue weighted by molar-refractivity contribution is 7.84. The van der Waals surface area contributed by atoms with Crippen molar-refractivity contribution >= 4 is 10.8 Å². The van der Waals surface area contributed by atoms with Gasteiger partial charge in [0.2, 0.25) is 0 Å². The van der Waals surface area contributed by atoms with E-state index in [0.29, 0.717) is 12.1 Å². The molecular weight excluding hydrogens is 172 g/mol. The van der Waals surface area contributed by atoms with Crippen LogP contribution in [0.5, 0.6) is 0 Å². The standard InChI is InChI=1S/C8H18N2OS/c1-7(6-12(2)11)10-8-3-4-9-5-8/h7-10H,3-6H2,1-2H3. The summed E-state index contributed by atoms with van der Waals surface area (Å²) in [6, 6.07) is 0.962. The Balaban J connectivity index is 2.16. The topological polar surface area (TPSA) is 41.1 Å². The minimum Gasteiger partial charge on any atom is -0.315 e. The predicted octanol–water partition coefficient (Wildman–Crippen LogP) is -0.295. The van der Waals surface area contributed by atoms with Crippen molar-refractivity contribution in [2.75, 3.05) is 25.1 Å². The van der Waals surface area contributed by atoms with E-state index in [4.69, 9.17) is 0 Å². The molecule has 0 aromatic carbocycles. The van der Waals surface area contributed by atoms with Gasteiger partial charge >= 0.3 is 0 Å². The fourth-order valence-corrected chi connectivity index (χ4v) is 2.40. The summed E-state index contributed by atoms with van der Waals surface area (Å²) in [5, 5.41) is 6.75. The average molecular weight is 190 g/mol. The fraction of sp³-hybridized carbons (Fsp3) is 1.00. The minimum absolute atomic E-state index is 0.376. The van der Waals surface area contributed by atoms with Gasteiger partial charge in [0.25, 0.3) is 0 Å². The first-order valence-corrected chi connectivity index (χ1v) is 6.18. The molecule has 2 N–H and O–H groups in total. The molecule has 0 spiro atoms. The minimum atomic E-state index is -0.679. The Hall–Kier alpha value is 0.0700. The Kier molecular flexibility index (Phi) is 4.18. The molecule has 1 aliphatic heterocycles. The van der Waals surface area contributed by atoms with Crippen LogP contribution in [0.15, 0.2) is 0 Å². The van der Waals surface area contributed by atoms with Crippen molar-refractivity contribution in [3.05, 3.63) is 0 Å². The zero-order valence-electron chi connectivity index (χ0n) is 7.80. The maximum atomic E-state index is 10.9. The largest absolute Gasteiger partial charge is 0.315 e. The monoisotopic (exact) mass is 190 g/mol. The first kappa shape index (κ1) is 10.2. The van der Waals surface area contributed by atoms with Gasteiger partial charge in [0.05, 0.1) is 0 Å². The van der Waals surface area contributed by atoms with Crippen LogP contribution in [0, 0.1) is 0 Å².